The van der Waals surface area contributed by atoms with Gasteiger partial charge in [-0.3, -0.25) is 19.4 Å². The Bertz CT molecular complexity index is 608. The van der Waals surface area contributed by atoms with Gasteiger partial charge < -0.3 is 4.90 Å². The molecule has 0 spiro atoms. The van der Waals surface area contributed by atoms with Crippen LogP contribution in [-0.4, -0.2) is 53.3 Å². The highest BCUT2D eigenvalue weighted by atomic mass is 16.2. The molecule has 124 valence electrons. The second-order valence-electron chi connectivity index (χ2n) is 5.65. The average Bonchev–Trinajstić information content (AvgIpc) is 2.73. The van der Waals surface area contributed by atoms with E-state index in [1.165, 1.54) is 4.90 Å². The van der Waals surface area contributed by atoms with Gasteiger partial charge in [0.25, 0.3) is 5.91 Å². The summed E-state index contributed by atoms with van der Waals surface area (Å²) in [5.74, 6) is -0.550. The highest BCUT2D eigenvalue weighted by Crippen LogP contribution is 2.26. The van der Waals surface area contributed by atoms with Gasteiger partial charge in [0.2, 0.25) is 5.91 Å². The number of nitrogens with zero attached hydrogens (tertiary/aromatic N) is 3. The highest BCUT2D eigenvalue weighted by Gasteiger charge is 2.44. The Hall–Kier alpha value is -2.37. The normalized spacial score (nSPS) is 17.8. The third kappa shape index (κ3) is 3.21. The van der Waals surface area contributed by atoms with Crippen LogP contribution < -0.4 is 4.90 Å². The zero-order chi connectivity index (χ0) is 17.1. The number of benzene rings is 1. The maximum atomic E-state index is 12.6. The molecule has 0 saturated carbocycles. The predicted octanol–water partition coefficient (Wildman–Crippen LogP) is 2.02. The van der Waals surface area contributed by atoms with E-state index in [0.717, 1.165) is 10.5 Å². The number of carbonyl (C=O) groups excluding carboxylic acids is 3. The van der Waals surface area contributed by atoms with Crippen molar-refractivity contribution in [2.45, 2.75) is 33.7 Å². The largest absolute Gasteiger partial charge is 0.342 e. The monoisotopic (exact) mass is 317 g/mol. The summed E-state index contributed by atoms with van der Waals surface area (Å²) in [6.07, 6.45) is 0. The molecule has 1 aromatic carbocycles. The number of carbonyl (C=O) groups is 3. The summed E-state index contributed by atoms with van der Waals surface area (Å²) in [6.45, 7) is 8.30. The van der Waals surface area contributed by atoms with Crippen LogP contribution in [0.3, 0.4) is 0 Å². The Morgan fingerprint density at radius 1 is 1.13 bits per heavy atom. The minimum absolute atomic E-state index is 0.202. The van der Waals surface area contributed by atoms with Crippen LogP contribution >= 0.6 is 0 Å². The first-order valence-corrected chi connectivity index (χ1v) is 7.89. The molecular weight excluding hydrogens is 294 g/mol. The van der Waals surface area contributed by atoms with Gasteiger partial charge in [0.1, 0.15) is 12.6 Å². The summed E-state index contributed by atoms with van der Waals surface area (Å²) in [7, 11) is 0. The van der Waals surface area contributed by atoms with E-state index in [1.807, 2.05) is 45.0 Å². The van der Waals surface area contributed by atoms with E-state index in [-0.39, 0.29) is 18.4 Å². The van der Waals surface area contributed by atoms with E-state index in [0.29, 0.717) is 18.8 Å². The number of urea groups is 1. The van der Waals surface area contributed by atoms with Crippen LogP contribution in [0.4, 0.5) is 10.5 Å². The van der Waals surface area contributed by atoms with Crippen molar-refractivity contribution in [3.63, 3.8) is 0 Å². The second-order valence-corrected chi connectivity index (χ2v) is 5.65. The first kappa shape index (κ1) is 17.0. The number of aryl methyl sites for hydroxylation is 1. The third-order valence-corrected chi connectivity index (χ3v) is 4.17. The van der Waals surface area contributed by atoms with E-state index in [4.69, 9.17) is 0 Å². The standard InChI is InChI=1S/C17H23N3O3/c1-5-18(6-2)15(21)11-19-16(22)13(4)20(17(19)23)14-9-7-12(3)8-10-14/h7-10,13H,5-6,11H2,1-4H3. The smallest absolute Gasteiger partial charge is 0.332 e. The van der Waals surface area contributed by atoms with E-state index >= 15 is 0 Å². The molecule has 0 radical (unpaired) electrons. The van der Waals surface area contributed by atoms with Crippen LogP contribution in [0, 0.1) is 6.92 Å². The number of likely N-dealkylation sites (N-methyl/N-ethyl adjacent to an activating group) is 1. The van der Waals surface area contributed by atoms with Crippen molar-refractivity contribution in [3.05, 3.63) is 29.8 Å². The SMILES string of the molecule is CCN(CC)C(=O)CN1C(=O)C(C)N(c2ccc(C)cc2)C1=O. The highest BCUT2D eigenvalue weighted by molar-refractivity contribution is 6.15. The van der Waals surface area contributed by atoms with E-state index in [9.17, 15) is 14.4 Å². The van der Waals surface area contributed by atoms with E-state index in [2.05, 4.69) is 0 Å². The molecule has 6 heteroatoms. The molecule has 1 fully saturated rings. The lowest BCUT2D eigenvalue weighted by Crippen LogP contribution is -2.43. The molecule has 0 aliphatic carbocycles. The summed E-state index contributed by atoms with van der Waals surface area (Å²) >= 11 is 0. The Morgan fingerprint density at radius 2 is 1.70 bits per heavy atom. The van der Waals surface area contributed by atoms with Crippen LogP contribution in [0.2, 0.25) is 0 Å². The van der Waals surface area contributed by atoms with Gasteiger partial charge in [0, 0.05) is 18.8 Å². The molecule has 0 aromatic heterocycles. The molecule has 1 saturated heterocycles. The minimum Gasteiger partial charge on any atom is -0.342 e. The van der Waals surface area contributed by atoms with Crippen molar-refractivity contribution in [2.24, 2.45) is 0 Å². The van der Waals surface area contributed by atoms with Crippen molar-refractivity contribution >= 4 is 23.5 Å². The minimum atomic E-state index is -0.602. The number of hydrogen-bond acceptors (Lipinski definition) is 3. The van der Waals surface area contributed by atoms with Gasteiger partial charge in [-0.25, -0.2) is 4.79 Å². The van der Waals surface area contributed by atoms with Gasteiger partial charge in [-0.05, 0) is 39.8 Å². The van der Waals surface area contributed by atoms with Crippen molar-refractivity contribution < 1.29 is 14.4 Å². The predicted molar refractivity (Wildman–Crippen MR) is 88.2 cm³/mol. The topological polar surface area (TPSA) is 60.9 Å². The van der Waals surface area contributed by atoms with Gasteiger partial charge in [-0.1, -0.05) is 17.7 Å². The van der Waals surface area contributed by atoms with Crippen LogP contribution in [-0.2, 0) is 9.59 Å². The zero-order valence-corrected chi connectivity index (χ0v) is 14.1. The Morgan fingerprint density at radius 3 is 2.22 bits per heavy atom. The summed E-state index contributed by atoms with van der Waals surface area (Å²) in [4.78, 5) is 41.3. The molecule has 0 N–H and O–H groups in total. The fraction of sp³-hybridized carbons (Fsp3) is 0.471. The molecule has 1 aromatic rings. The molecule has 1 atom stereocenters. The lowest BCUT2D eigenvalue weighted by atomic mass is 10.2. The average molecular weight is 317 g/mol. The molecule has 6 nitrogen and oxygen atoms in total. The summed E-state index contributed by atoms with van der Waals surface area (Å²) in [6, 6.07) is 6.37. The summed E-state index contributed by atoms with van der Waals surface area (Å²) in [5, 5.41) is 0. The van der Waals surface area contributed by atoms with E-state index < -0.39 is 12.1 Å². The Balaban J connectivity index is 2.21. The number of anilines is 1. The number of rotatable bonds is 5. The third-order valence-electron chi connectivity index (χ3n) is 4.17. The van der Waals surface area contributed by atoms with Crippen molar-refractivity contribution in [1.29, 1.82) is 0 Å². The molecular formula is C17H23N3O3. The second kappa shape index (κ2) is 6.81. The lowest BCUT2D eigenvalue weighted by molar-refractivity contribution is -0.136. The van der Waals surface area contributed by atoms with Crippen LogP contribution in [0.25, 0.3) is 0 Å². The molecule has 4 amide bonds. The van der Waals surface area contributed by atoms with Crippen molar-refractivity contribution in [2.75, 3.05) is 24.5 Å². The van der Waals surface area contributed by atoms with Gasteiger partial charge >= 0.3 is 6.03 Å². The zero-order valence-electron chi connectivity index (χ0n) is 14.1. The van der Waals surface area contributed by atoms with Crippen molar-refractivity contribution in [3.8, 4) is 0 Å². The van der Waals surface area contributed by atoms with Gasteiger partial charge in [0.05, 0.1) is 0 Å². The molecule has 1 aliphatic heterocycles. The molecule has 1 unspecified atom stereocenters. The first-order chi connectivity index (χ1) is 10.9. The van der Waals surface area contributed by atoms with Crippen molar-refractivity contribution in [1.82, 2.24) is 9.80 Å². The fourth-order valence-electron chi connectivity index (χ4n) is 2.72. The molecule has 2 rings (SSSR count). The van der Waals surface area contributed by atoms with Gasteiger partial charge in [-0.15, -0.1) is 0 Å². The quantitative estimate of drug-likeness (QED) is 0.781. The molecule has 1 aliphatic rings. The Kier molecular flexibility index (Phi) is 5.03. The maximum Gasteiger partial charge on any atom is 0.332 e. The Labute approximate surface area is 136 Å². The number of imide groups is 1. The summed E-state index contributed by atoms with van der Waals surface area (Å²) < 4.78 is 0. The lowest BCUT2D eigenvalue weighted by Gasteiger charge is -2.22. The first-order valence-electron chi connectivity index (χ1n) is 7.89. The summed E-state index contributed by atoms with van der Waals surface area (Å²) in [5.41, 5.74) is 1.74. The van der Waals surface area contributed by atoms with Gasteiger partial charge in [-0.2, -0.15) is 0 Å². The molecule has 0 bridgehead atoms. The maximum absolute atomic E-state index is 12.6. The van der Waals surface area contributed by atoms with Crippen LogP contribution in [0.5, 0.6) is 0 Å². The van der Waals surface area contributed by atoms with Crippen LogP contribution in [0.1, 0.15) is 26.3 Å². The molecule has 1 heterocycles. The van der Waals surface area contributed by atoms with E-state index in [1.54, 1.807) is 11.8 Å². The number of hydrogen-bond donors (Lipinski definition) is 0. The van der Waals surface area contributed by atoms with Crippen LogP contribution in [0.15, 0.2) is 24.3 Å². The van der Waals surface area contributed by atoms with Gasteiger partial charge in [0.15, 0.2) is 0 Å². The number of amides is 4. The molecule has 23 heavy (non-hydrogen) atoms. The fourth-order valence-corrected chi connectivity index (χ4v) is 2.72.